The van der Waals surface area contributed by atoms with Crippen LogP contribution in [0.4, 0.5) is 5.82 Å². The average molecular weight is 307 g/mol. The van der Waals surface area contributed by atoms with Crippen LogP contribution in [0.15, 0.2) is 23.2 Å². The quantitative estimate of drug-likeness (QED) is 0.378. The molecule has 0 spiro atoms. The third-order valence-corrected chi connectivity index (χ3v) is 2.77. The van der Waals surface area contributed by atoms with Gasteiger partial charge in [0.05, 0.1) is 6.61 Å². The Morgan fingerprint density at radius 3 is 2.77 bits per heavy atom. The highest BCUT2D eigenvalue weighted by atomic mass is 16.5. The molecule has 122 valence electrons. The number of rotatable bonds is 8. The van der Waals surface area contributed by atoms with Gasteiger partial charge in [0, 0.05) is 38.9 Å². The van der Waals surface area contributed by atoms with Crippen molar-refractivity contribution in [2.24, 2.45) is 4.99 Å². The summed E-state index contributed by atoms with van der Waals surface area (Å²) in [5.41, 5.74) is 0.870. The van der Waals surface area contributed by atoms with Crippen molar-refractivity contribution in [1.29, 1.82) is 0 Å². The van der Waals surface area contributed by atoms with Crippen LogP contribution in [0.5, 0.6) is 0 Å². The average Bonchev–Trinajstić information content (AvgIpc) is 2.49. The first-order valence-electron chi connectivity index (χ1n) is 7.41. The van der Waals surface area contributed by atoms with Gasteiger partial charge in [-0.1, -0.05) is 6.07 Å². The Labute approximate surface area is 131 Å². The van der Waals surface area contributed by atoms with Crippen LogP contribution in [0.2, 0.25) is 0 Å². The van der Waals surface area contributed by atoms with Gasteiger partial charge in [-0.15, -0.1) is 0 Å². The Bertz CT molecular complexity index is 491. The summed E-state index contributed by atoms with van der Waals surface area (Å²) < 4.78 is 5.23. The van der Waals surface area contributed by atoms with E-state index in [9.17, 15) is 4.79 Å². The third kappa shape index (κ3) is 7.58. The molecule has 7 heteroatoms. The van der Waals surface area contributed by atoms with Crippen LogP contribution in [-0.2, 0) is 9.53 Å². The largest absolute Gasteiger partial charge is 0.380 e. The van der Waals surface area contributed by atoms with E-state index in [-0.39, 0.29) is 5.91 Å². The number of ether oxygens (including phenoxy) is 1. The van der Waals surface area contributed by atoms with E-state index in [0.717, 1.165) is 5.69 Å². The van der Waals surface area contributed by atoms with E-state index in [2.05, 4.69) is 25.9 Å². The molecular weight excluding hydrogens is 282 g/mol. The number of amides is 1. The van der Waals surface area contributed by atoms with Crippen LogP contribution in [-0.4, -0.2) is 50.2 Å². The number of aryl methyl sites for hydroxylation is 1. The van der Waals surface area contributed by atoms with Crippen LogP contribution < -0.4 is 16.0 Å². The molecule has 0 aromatic carbocycles. The van der Waals surface area contributed by atoms with Crippen LogP contribution in [0.25, 0.3) is 0 Å². The minimum absolute atomic E-state index is 0.0876. The SMILES string of the molecule is CCOCCNC(=NC)NCCC(=O)Nc1cccc(C)n1. The Morgan fingerprint density at radius 2 is 2.09 bits per heavy atom. The zero-order valence-corrected chi connectivity index (χ0v) is 13.5. The summed E-state index contributed by atoms with van der Waals surface area (Å²) in [5.74, 6) is 1.14. The van der Waals surface area contributed by atoms with Gasteiger partial charge >= 0.3 is 0 Å². The van der Waals surface area contributed by atoms with Crippen molar-refractivity contribution in [3.63, 3.8) is 0 Å². The van der Waals surface area contributed by atoms with Crippen LogP contribution in [0.3, 0.4) is 0 Å². The monoisotopic (exact) mass is 307 g/mol. The highest BCUT2D eigenvalue weighted by molar-refractivity contribution is 5.90. The van der Waals surface area contributed by atoms with Crippen molar-refractivity contribution in [2.75, 3.05) is 38.7 Å². The lowest BCUT2D eigenvalue weighted by atomic mass is 10.3. The Morgan fingerprint density at radius 1 is 1.32 bits per heavy atom. The molecule has 22 heavy (non-hydrogen) atoms. The molecule has 3 N–H and O–H groups in total. The molecule has 0 atom stereocenters. The molecular formula is C15H25N5O2. The molecule has 0 fully saturated rings. The van der Waals surface area contributed by atoms with Gasteiger partial charge in [0.2, 0.25) is 5.91 Å². The van der Waals surface area contributed by atoms with Gasteiger partial charge in [0.25, 0.3) is 0 Å². The minimum Gasteiger partial charge on any atom is -0.380 e. The molecule has 0 aliphatic heterocycles. The molecule has 1 heterocycles. The fourth-order valence-corrected chi connectivity index (χ4v) is 1.72. The molecule has 7 nitrogen and oxygen atoms in total. The number of aliphatic imine (C=N–C) groups is 1. The van der Waals surface area contributed by atoms with Crippen LogP contribution in [0.1, 0.15) is 19.0 Å². The number of aromatic nitrogens is 1. The maximum absolute atomic E-state index is 11.8. The summed E-state index contributed by atoms with van der Waals surface area (Å²) in [6.07, 6.45) is 0.335. The number of anilines is 1. The van der Waals surface area contributed by atoms with E-state index in [1.165, 1.54) is 0 Å². The lowest BCUT2D eigenvalue weighted by Gasteiger charge is -2.11. The lowest BCUT2D eigenvalue weighted by Crippen LogP contribution is -2.40. The summed E-state index contributed by atoms with van der Waals surface area (Å²) in [6, 6.07) is 5.52. The highest BCUT2D eigenvalue weighted by Gasteiger charge is 2.04. The molecule has 0 aliphatic rings. The molecule has 0 unspecified atom stereocenters. The van der Waals surface area contributed by atoms with Gasteiger partial charge in [-0.2, -0.15) is 0 Å². The fourth-order valence-electron chi connectivity index (χ4n) is 1.72. The van der Waals surface area contributed by atoms with Gasteiger partial charge in [0.1, 0.15) is 5.82 Å². The third-order valence-electron chi connectivity index (χ3n) is 2.77. The summed E-state index contributed by atoms with van der Waals surface area (Å²) in [6.45, 7) is 6.32. The first-order chi connectivity index (χ1) is 10.7. The van der Waals surface area contributed by atoms with Gasteiger partial charge in [0.15, 0.2) is 5.96 Å². The van der Waals surface area contributed by atoms with E-state index in [1.807, 2.05) is 26.0 Å². The van der Waals surface area contributed by atoms with Gasteiger partial charge < -0.3 is 20.7 Å². The minimum atomic E-state index is -0.0876. The van der Waals surface area contributed by atoms with E-state index in [0.29, 0.717) is 44.5 Å². The van der Waals surface area contributed by atoms with Crippen molar-refractivity contribution in [3.05, 3.63) is 23.9 Å². The molecule has 1 amide bonds. The van der Waals surface area contributed by atoms with Crippen molar-refractivity contribution >= 4 is 17.7 Å². The predicted molar refractivity (Wildman–Crippen MR) is 88.1 cm³/mol. The first kappa shape index (κ1) is 17.9. The second-order valence-electron chi connectivity index (χ2n) is 4.59. The smallest absolute Gasteiger partial charge is 0.227 e. The van der Waals surface area contributed by atoms with Crippen LogP contribution in [0, 0.1) is 6.92 Å². The van der Waals surface area contributed by atoms with Gasteiger partial charge in [-0.25, -0.2) is 4.98 Å². The van der Waals surface area contributed by atoms with E-state index in [4.69, 9.17) is 4.74 Å². The van der Waals surface area contributed by atoms with Crippen LogP contribution >= 0.6 is 0 Å². The zero-order valence-electron chi connectivity index (χ0n) is 13.5. The summed E-state index contributed by atoms with van der Waals surface area (Å²) in [5, 5.41) is 8.95. The van der Waals surface area contributed by atoms with E-state index < -0.39 is 0 Å². The topological polar surface area (TPSA) is 87.6 Å². The fraction of sp³-hybridized carbons (Fsp3) is 0.533. The molecule has 1 rings (SSSR count). The molecule has 1 aromatic rings. The number of pyridine rings is 1. The van der Waals surface area contributed by atoms with Crippen molar-refractivity contribution < 1.29 is 9.53 Å². The number of carbonyl (C=O) groups is 1. The van der Waals surface area contributed by atoms with Gasteiger partial charge in [-0.05, 0) is 26.0 Å². The molecule has 0 saturated heterocycles. The van der Waals surface area contributed by atoms with E-state index >= 15 is 0 Å². The molecule has 1 aromatic heterocycles. The standard InChI is InChI=1S/C15H25N5O2/c1-4-22-11-10-18-15(16-3)17-9-8-14(21)20-13-7-5-6-12(2)19-13/h5-7H,4,8-11H2,1-3H3,(H2,16,17,18)(H,19,20,21). The number of guanidine groups is 1. The normalized spacial score (nSPS) is 11.1. The lowest BCUT2D eigenvalue weighted by molar-refractivity contribution is -0.116. The Balaban J connectivity index is 2.23. The number of nitrogens with zero attached hydrogens (tertiary/aromatic N) is 2. The number of carbonyl (C=O) groups excluding carboxylic acids is 1. The maximum Gasteiger partial charge on any atom is 0.227 e. The summed E-state index contributed by atoms with van der Waals surface area (Å²) in [7, 11) is 1.69. The number of hydrogen-bond donors (Lipinski definition) is 3. The molecule has 0 aliphatic carbocycles. The van der Waals surface area contributed by atoms with Crippen molar-refractivity contribution in [2.45, 2.75) is 20.3 Å². The predicted octanol–water partition coefficient (Wildman–Crippen LogP) is 0.920. The van der Waals surface area contributed by atoms with Crippen molar-refractivity contribution in [1.82, 2.24) is 15.6 Å². The maximum atomic E-state index is 11.8. The van der Waals surface area contributed by atoms with Crippen molar-refractivity contribution in [3.8, 4) is 0 Å². The number of nitrogens with one attached hydrogen (secondary N) is 3. The first-order valence-corrected chi connectivity index (χ1v) is 7.41. The summed E-state index contributed by atoms with van der Waals surface area (Å²) >= 11 is 0. The molecule has 0 bridgehead atoms. The Kier molecular flexibility index (Phi) is 8.59. The second-order valence-corrected chi connectivity index (χ2v) is 4.59. The van der Waals surface area contributed by atoms with E-state index in [1.54, 1.807) is 13.1 Å². The molecule has 0 saturated carbocycles. The Hall–Kier alpha value is -2.15. The highest BCUT2D eigenvalue weighted by Crippen LogP contribution is 2.03. The zero-order chi connectivity index (χ0) is 16.2. The second kappa shape index (κ2) is 10.6. The molecule has 0 radical (unpaired) electrons. The summed E-state index contributed by atoms with van der Waals surface area (Å²) in [4.78, 5) is 20.1. The number of hydrogen-bond acceptors (Lipinski definition) is 4. The van der Waals surface area contributed by atoms with Gasteiger partial charge in [-0.3, -0.25) is 9.79 Å².